The Hall–Kier alpha value is -0.660. The Morgan fingerprint density at radius 3 is 2.63 bits per heavy atom. The minimum Gasteiger partial charge on any atom is -0.381 e. The van der Waals surface area contributed by atoms with Crippen LogP contribution >= 0.6 is 0 Å². The molecule has 2 rings (SSSR count). The van der Waals surface area contributed by atoms with Crippen molar-refractivity contribution in [3.63, 3.8) is 0 Å². The van der Waals surface area contributed by atoms with E-state index in [1.807, 2.05) is 4.90 Å². The van der Waals surface area contributed by atoms with Gasteiger partial charge in [-0.05, 0) is 19.3 Å². The fourth-order valence-electron chi connectivity index (χ4n) is 2.33. The zero-order chi connectivity index (χ0) is 13.9. The van der Waals surface area contributed by atoms with Gasteiger partial charge in [0.25, 0.3) is 0 Å². The smallest absolute Gasteiger partial charge is 0.224 e. The molecule has 1 aliphatic carbocycles. The largest absolute Gasteiger partial charge is 0.381 e. The molecule has 110 valence electrons. The Kier molecular flexibility index (Phi) is 4.81. The van der Waals surface area contributed by atoms with Crippen molar-refractivity contribution in [1.82, 2.24) is 9.62 Å². The van der Waals surface area contributed by atoms with Gasteiger partial charge in [0.15, 0.2) is 0 Å². The number of amides is 1. The molecule has 0 aromatic carbocycles. The molecule has 0 aromatic rings. The van der Waals surface area contributed by atoms with Crippen LogP contribution in [0.4, 0.5) is 0 Å². The van der Waals surface area contributed by atoms with Crippen LogP contribution in [0.1, 0.15) is 25.7 Å². The molecule has 1 saturated carbocycles. The molecule has 1 aliphatic heterocycles. The SMILES string of the molecule is CS(=O)(=O)NCCC(=O)N(CC1CCOC1)C1CC1. The van der Waals surface area contributed by atoms with Crippen LogP contribution in [0.25, 0.3) is 0 Å². The van der Waals surface area contributed by atoms with E-state index in [0.29, 0.717) is 12.0 Å². The van der Waals surface area contributed by atoms with E-state index in [1.165, 1.54) is 0 Å². The highest BCUT2D eigenvalue weighted by Crippen LogP contribution is 2.29. The van der Waals surface area contributed by atoms with Crippen molar-refractivity contribution in [2.75, 3.05) is 32.6 Å². The zero-order valence-corrected chi connectivity index (χ0v) is 12.1. The Labute approximate surface area is 114 Å². The van der Waals surface area contributed by atoms with E-state index in [-0.39, 0.29) is 18.9 Å². The molecule has 1 saturated heterocycles. The highest BCUT2D eigenvalue weighted by atomic mass is 32.2. The van der Waals surface area contributed by atoms with E-state index >= 15 is 0 Å². The lowest BCUT2D eigenvalue weighted by Gasteiger charge is -2.25. The van der Waals surface area contributed by atoms with Crippen molar-refractivity contribution in [1.29, 1.82) is 0 Å². The lowest BCUT2D eigenvalue weighted by molar-refractivity contribution is -0.132. The van der Waals surface area contributed by atoms with Crippen molar-refractivity contribution < 1.29 is 17.9 Å². The number of carbonyl (C=O) groups is 1. The van der Waals surface area contributed by atoms with Gasteiger partial charge >= 0.3 is 0 Å². The molecule has 1 atom stereocenters. The van der Waals surface area contributed by atoms with Crippen LogP contribution in [0.5, 0.6) is 0 Å². The Bertz CT molecular complexity index is 413. The van der Waals surface area contributed by atoms with Crippen LogP contribution in [0, 0.1) is 5.92 Å². The van der Waals surface area contributed by atoms with Crippen LogP contribution < -0.4 is 4.72 Å². The first-order chi connectivity index (χ1) is 8.96. The lowest BCUT2D eigenvalue weighted by Crippen LogP contribution is -2.39. The van der Waals surface area contributed by atoms with Gasteiger partial charge in [-0.2, -0.15) is 0 Å². The van der Waals surface area contributed by atoms with Crippen molar-refractivity contribution >= 4 is 15.9 Å². The average Bonchev–Trinajstić information content (AvgIpc) is 3.01. The first-order valence-corrected chi connectivity index (χ1v) is 8.66. The Morgan fingerprint density at radius 1 is 1.37 bits per heavy atom. The van der Waals surface area contributed by atoms with Gasteiger partial charge in [0.2, 0.25) is 15.9 Å². The molecule has 0 spiro atoms. The average molecular weight is 290 g/mol. The van der Waals surface area contributed by atoms with Gasteiger partial charge in [0.1, 0.15) is 0 Å². The topological polar surface area (TPSA) is 75.7 Å². The number of nitrogens with one attached hydrogen (secondary N) is 1. The van der Waals surface area contributed by atoms with Crippen LogP contribution in [0.15, 0.2) is 0 Å². The minimum atomic E-state index is -3.21. The zero-order valence-electron chi connectivity index (χ0n) is 11.3. The van der Waals surface area contributed by atoms with Gasteiger partial charge in [-0.25, -0.2) is 13.1 Å². The normalized spacial score (nSPS) is 23.5. The maximum atomic E-state index is 12.1. The molecule has 2 fully saturated rings. The monoisotopic (exact) mass is 290 g/mol. The Balaban J connectivity index is 1.79. The summed E-state index contributed by atoms with van der Waals surface area (Å²) in [6, 6.07) is 0.367. The molecule has 2 aliphatic rings. The molecular formula is C12H22N2O4S. The fourth-order valence-corrected chi connectivity index (χ4v) is 2.81. The van der Waals surface area contributed by atoms with E-state index in [1.54, 1.807) is 0 Å². The van der Waals surface area contributed by atoms with E-state index in [4.69, 9.17) is 4.74 Å². The van der Waals surface area contributed by atoms with E-state index in [0.717, 1.165) is 45.3 Å². The predicted octanol–water partition coefficient (Wildman–Crippen LogP) is -0.0468. The lowest BCUT2D eigenvalue weighted by atomic mass is 10.1. The standard InChI is InChI=1S/C12H22N2O4S/c1-19(16,17)13-6-4-12(15)14(11-2-3-11)8-10-5-7-18-9-10/h10-11,13H,2-9H2,1H3. The second-order valence-electron chi connectivity index (χ2n) is 5.42. The molecule has 1 unspecified atom stereocenters. The molecule has 1 amide bonds. The second kappa shape index (κ2) is 6.19. The summed E-state index contributed by atoms with van der Waals surface area (Å²) < 4.78 is 29.6. The molecular weight excluding hydrogens is 268 g/mol. The molecule has 1 N–H and O–H groups in total. The molecule has 0 aromatic heterocycles. The summed E-state index contributed by atoms with van der Waals surface area (Å²) >= 11 is 0. The Morgan fingerprint density at radius 2 is 2.11 bits per heavy atom. The van der Waals surface area contributed by atoms with Crippen LogP contribution in [0.3, 0.4) is 0 Å². The van der Waals surface area contributed by atoms with Gasteiger partial charge in [-0.1, -0.05) is 0 Å². The first kappa shape index (κ1) is 14.7. The number of carbonyl (C=O) groups excluding carboxylic acids is 1. The molecule has 7 heteroatoms. The second-order valence-corrected chi connectivity index (χ2v) is 7.26. The van der Waals surface area contributed by atoms with Crippen molar-refractivity contribution in [3.05, 3.63) is 0 Å². The maximum Gasteiger partial charge on any atom is 0.224 e. The van der Waals surface area contributed by atoms with Crippen LogP contribution in [0.2, 0.25) is 0 Å². The minimum absolute atomic E-state index is 0.0468. The molecule has 0 radical (unpaired) electrons. The highest BCUT2D eigenvalue weighted by Gasteiger charge is 2.34. The molecule has 0 bridgehead atoms. The fraction of sp³-hybridized carbons (Fsp3) is 0.917. The third kappa shape index (κ3) is 5.08. The summed E-state index contributed by atoms with van der Waals surface area (Å²) in [5.41, 5.74) is 0. The number of nitrogens with zero attached hydrogens (tertiary/aromatic N) is 1. The summed E-state index contributed by atoms with van der Waals surface area (Å²) in [6.07, 6.45) is 4.49. The van der Waals surface area contributed by atoms with Gasteiger partial charge in [0, 0.05) is 38.1 Å². The van der Waals surface area contributed by atoms with Gasteiger partial charge in [-0.3, -0.25) is 4.79 Å². The summed E-state index contributed by atoms with van der Waals surface area (Å²) in [5.74, 6) is 0.484. The number of sulfonamides is 1. The summed E-state index contributed by atoms with van der Waals surface area (Å²) in [7, 11) is -3.21. The number of ether oxygens (including phenoxy) is 1. The third-order valence-corrected chi connectivity index (χ3v) is 4.22. The van der Waals surface area contributed by atoms with E-state index in [2.05, 4.69) is 4.72 Å². The predicted molar refractivity (Wildman–Crippen MR) is 71.1 cm³/mol. The maximum absolute atomic E-state index is 12.1. The number of hydrogen-bond acceptors (Lipinski definition) is 4. The number of rotatable bonds is 7. The van der Waals surface area contributed by atoms with Crippen LogP contribution in [-0.4, -0.2) is 57.8 Å². The first-order valence-electron chi connectivity index (χ1n) is 6.77. The summed E-state index contributed by atoms with van der Waals surface area (Å²) in [4.78, 5) is 14.1. The molecule has 6 nitrogen and oxygen atoms in total. The number of hydrogen-bond donors (Lipinski definition) is 1. The van der Waals surface area contributed by atoms with Gasteiger partial charge in [0.05, 0.1) is 12.9 Å². The quantitative estimate of drug-likeness (QED) is 0.713. The van der Waals surface area contributed by atoms with Crippen molar-refractivity contribution in [2.24, 2.45) is 5.92 Å². The highest BCUT2D eigenvalue weighted by molar-refractivity contribution is 7.88. The molecule has 19 heavy (non-hydrogen) atoms. The van der Waals surface area contributed by atoms with E-state index < -0.39 is 10.0 Å². The van der Waals surface area contributed by atoms with E-state index in [9.17, 15) is 13.2 Å². The van der Waals surface area contributed by atoms with Crippen molar-refractivity contribution in [3.8, 4) is 0 Å². The summed E-state index contributed by atoms with van der Waals surface area (Å²) in [6.45, 7) is 2.45. The van der Waals surface area contributed by atoms with Crippen LogP contribution in [-0.2, 0) is 19.6 Å². The van der Waals surface area contributed by atoms with Crippen molar-refractivity contribution in [2.45, 2.75) is 31.7 Å². The third-order valence-electron chi connectivity index (χ3n) is 3.49. The summed E-state index contributed by atoms with van der Waals surface area (Å²) in [5, 5.41) is 0. The molecule has 1 heterocycles. The van der Waals surface area contributed by atoms with Gasteiger partial charge < -0.3 is 9.64 Å². The van der Waals surface area contributed by atoms with Gasteiger partial charge in [-0.15, -0.1) is 0 Å².